The molecule has 0 saturated carbocycles. The van der Waals surface area contributed by atoms with E-state index in [0.717, 1.165) is 77.9 Å². The second-order valence-corrected chi connectivity index (χ2v) is 14.5. The first kappa shape index (κ1) is 33.9. The molecule has 8 heteroatoms. The van der Waals surface area contributed by atoms with Gasteiger partial charge in [-0.3, -0.25) is 4.98 Å². The van der Waals surface area contributed by atoms with Gasteiger partial charge in [0.25, 0.3) is 0 Å². The van der Waals surface area contributed by atoms with Gasteiger partial charge in [0.05, 0.1) is 0 Å². The van der Waals surface area contributed by atoms with Gasteiger partial charge in [0.1, 0.15) is 22.9 Å². The number of hydrogen-bond acceptors (Lipinski definition) is 6. The Balaban J connectivity index is 0.00000384. The van der Waals surface area contributed by atoms with Gasteiger partial charge in [-0.15, -0.1) is 17.5 Å². The Kier molecular flexibility index (Phi) is 8.09. The summed E-state index contributed by atoms with van der Waals surface area (Å²) in [5, 5.41) is 4.33. The first-order valence-corrected chi connectivity index (χ1v) is 17.7. The van der Waals surface area contributed by atoms with E-state index in [0.29, 0.717) is 11.6 Å². The number of rotatable bonds is 5. The molecule has 54 heavy (non-hydrogen) atoms. The Bertz CT molecular complexity index is 2890. The van der Waals surface area contributed by atoms with Crippen molar-refractivity contribution < 1.29 is 30.2 Å². The van der Waals surface area contributed by atoms with Crippen molar-refractivity contribution in [3.8, 4) is 28.7 Å². The Morgan fingerprint density at radius 3 is 2.31 bits per heavy atom. The van der Waals surface area contributed by atoms with Crippen LogP contribution in [0.25, 0.3) is 60.8 Å². The van der Waals surface area contributed by atoms with Crippen molar-refractivity contribution in [2.45, 2.75) is 26.2 Å². The summed E-state index contributed by atoms with van der Waals surface area (Å²) in [7, 11) is 2.04. The maximum Gasteiger partial charge on any atom is 0.136 e. The summed E-state index contributed by atoms with van der Waals surface area (Å²) in [5.74, 6) is 1.68. The van der Waals surface area contributed by atoms with Crippen molar-refractivity contribution in [1.29, 1.82) is 0 Å². The zero-order chi connectivity index (χ0) is 35.8. The van der Waals surface area contributed by atoms with Crippen LogP contribution in [0.4, 0.5) is 17.1 Å². The maximum atomic E-state index is 6.63. The normalized spacial score (nSPS) is 12.9. The molecule has 0 radical (unpaired) electrons. The van der Waals surface area contributed by atoms with E-state index < -0.39 is 0 Å². The molecule has 0 N–H and O–H groups in total. The molecule has 268 valence electrons. The molecule has 0 aliphatic carbocycles. The van der Waals surface area contributed by atoms with Gasteiger partial charge in [-0.05, 0) is 83.2 Å². The van der Waals surface area contributed by atoms with E-state index in [9.17, 15) is 0 Å². The van der Waals surface area contributed by atoms with Crippen molar-refractivity contribution >= 4 is 60.8 Å². The van der Waals surface area contributed by atoms with Gasteiger partial charge in [-0.2, -0.15) is 30.6 Å². The van der Waals surface area contributed by atoms with E-state index in [1.165, 1.54) is 5.56 Å². The van der Waals surface area contributed by atoms with Crippen LogP contribution in [0.5, 0.6) is 11.6 Å². The molecule has 0 amide bonds. The predicted molar refractivity (Wildman–Crippen MR) is 213 cm³/mol. The van der Waals surface area contributed by atoms with Crippen molar-refractivity contribution in [3.05, 3.63) is 152 Å². The molecule has 0 atom stereocenters. The second kappa shape index (κ2) is 12.9. The van der Waals surface area contributed by atoms with Crippen LogP contribution in [0.15, 0.2) is 132 Å². The van der Waals surface area contributed by atoms with Crippen molar-refractivity contribution in [3.63, 3.8) is 0 Å². The summed E-state index contributed by atoms with van der Waals surface area (Å²) in [4.78, 5) is 14.1. The molecule has 0 fully saturated rings. The van der Waals surface area contributed by atoms with E-state index in [1.54, 1.807) is 0 Å². The van der Waals surface area contributed by atoms with Crippen LogP contribution >= 0.6 is 0 Å². The Morgan fingerprint density at radius 1 is 0.722 bits per heavy atom. The summed E-state index contributed by atoms with van der Waals surface area (Å²) in [6.07, 6.45) is 1.89. The van der Waals surface area contributed by atoms with Gasteiger partial charge in [0, 0.05) is 60.7 Å². The van der Waals surface area contributed by atoms with Crippen LogP contribution in [0.1, 0.15) is 26.3 Å². The van der Waals surface area contributed by atoms with Gasteiger partial charge in [-0.25, -0.2) is 4.98 Å². The molecule has 5 aromatic carbocycles. The first-order valence-electron chi connectivity index (χ1n) is 17.7. The second-order valence-electron chi connectivity index (χ2n) is 14.5. The monoisotopic (exact) mass is 883 g/mol. The van der Waals surface area contributed by atoms with Crippen LogP contribution in [-0.2, 0) is 26.5 Å². The third-order valence-corrected chi connectivity index (χ3v) is 10.1. The largest absolute Gasteiger partial charge is 0.504 e. The average Bonchev–Trinajstić information content (AvgIpc) is 3.83. The number of anilines is 3. The van der Waals surface area contributed by atoms with Crippen LogP contribution in [0.2, 0.25) is 0 Å². The summed E-state index contributed by atoms with van der Waals surface area (Å²) in [5.41, 5.74) is 9.33. The van der Waals surface area contributed by atoms with Crippen LogP contribution < -0.4 is 14.5 Å². The Morgan fingerprint density at radius 2 is 1.46 bits per heavy atom. The smallest absolute Gasteiger partial charge is 0.136 e. The summed E-state index contributed by atoms with van der Waals surface area (Å²) in [6, 6.07) is 48.4. The minimum atomic E-state index is -0.0321. The SMILES string of the molecule is CN1[CH-]N(c2[c-]c(Oc3[c-]c4c(cc3)c3ccccc3n4-c3cc(C(C)(C)C)ccn3)nc(-c3ccc4c(c3)oc3ccccc34)c2)c2ccccc21.[Pt]. The molecule has 0 spiro atoms. The van der Waals surface area contributed by atoms with Gasteiger partial charge in [0.15, 0.2) is 0 Å². The summed E-state index contributed by atoms with van der Waals surface area (Å²) >= 11 is 0. The quantitative estimate of drug-likeness (QED) is 0.161. The van der Waals surface area contributed by atoms with E-state index in [1.807, 2.05) is 61.8 Å². The number of nitrogens with zero attached hydrogens (tertiary/aromatic N) is 5. The van der Waals surface area contributed by atoms with Crippen LogP contribution in [0, 0.1) is 18.8 Å². The molecule has 10 rings (SSSR count). The number of hydrogen-bond donors (Lipinski definition) is 0. The van der Waals surface area contributed by atoms with E-state index in [2.05, 4.69) is 127 Å². The van der Waals surface area contributed by atoms with E-state index >= 15 is 0 Å². The van der Waals surface area contributed by atoms with Crippen molar-refractivity contribution in [1.82, 2.24) is 14.5 Å². The fourth-order valence-corrected chi connectivity index (χ4v) is 7.39. The molecule has 7 nitrogen and oxygen atoms in total. The molecular weight excluding hydrogens is 850 g/mol. The number of pyridine rings is 2. The topological polar surface area (TPSA) is 59.6 Å². The predicted octanol–water partition coefficient (Wildman–Crippen LogP) is 11.5. The third-order valence-electron chi connectivity index (χ3n) is 10.1. The number of para-hydroxylation sites is 4. The molecule has 0 bridgehead atoms. The molecule has 1 aliphatic heterocycles. The third kappa shape index (κ3) is 5.62. The van der Waals surface area contributed by atoms with Gasteiger partial charge in [0.2, 0.25) is 0 Å². The van der Waals surface area contributed by atoms with Crippen LogP contribution in [-0.4, -0.2) is 21.6 Å². The summed E-state index contributed by atoms with van der Waals surface area (Å²) < 4.78 is 15.1. The Hall–Kier alpha value is -5.91. The molecule has 5 heterocycles. The van der Waals surface area contributed by atoms with Crippen LogP contribution in [0.3, 0.4) is 0 Å². The fourth-order valence-electron chi connectivity index (χ4n) is 7.39. The standard InChI is InChI=1S/C46H34N5O2.Pt/c1-46(2,3)30-21-22-47-44(24-30)51-38-13-7-5-11-33(38)34-20-18-32(27-41(34)51)52-45-26-31(50-28-49(4)39-14-8-9-15-40(39)50)25-37(48-45)29-17-19-36-35-12-6-10-16-42(35)53-43(36)23-29;/h5-25,28H,1-4H3;/q-3;. The molecular formula is C46H34N5O2Pt-3. The molecule has 0 saturated heterocycles. The average molecular weight is 884 g/mol. The molecule has 4 aromatic heterocycles. The van der Waals surface area contributed by atoms with E-state index in [4.69, 9.17) is 19.1 Å². The first-order chi connectivity index (χ1) is 25.8. The molecule has 1 aliphatic rings. The van der Waals surface area contributed by atoms with Gasteiger partial charge >= 0.3 is 0 Å². The zero-order valence-electron chi connectivity index (χ0n) is 30.1. The van der Waals surface area contributed by atoms with Crippen molar-refractivity contribution in [2.24, 2.45) is 0 Å². The Labute approximate surface area is 327 Å². The number of benzene rings is 5. The van der Waals surface area contributed by atoms with E-state index in [-0.39, 0.29) is 26.5 Å². The number of fused-ring (bicyclic) bond motifs is 7. The molecule has 9 aromatic rings. The van der Waals surface area contributed by atoms with Gasteiger partial charge in [-0.1, -0.05) is 80.9 Å². The number of aromatic nitrogens is 3. The number of furan rings is 1. The fraction of sp³-hybridized carbons (Fsp3) is 0.109. The molecule has 0 unspecified atom stereocenters. The summed E-state index contributed by atoms with van der Waals surface area (Å²) in [6.45, 7) is 8.70. The maximum absolute atomic E-state index is 6.63. The van der Waals surface area contributed by atoms with Crippen molar-refractivity contribution in [2.75, 3.05) is 16.8 Å². The zero-order valence-corrected chi connectivity index (χ0v) is 32.3. The minimum Gasteiger partial charge on any atom is -0.504 e. The number of ether oxygens (including phenoxy) is 1. The van der Waals surface area contributed by atoms with Gasteiger partial charge < -0.3 is 23.5 Å². The minimum absolute atomic E-state index is 0.